The van der Waals surface area contributed by atoms with E-state index in [0.717, 1.165) is 26.1 Å². The lowest BCUT2D eigenvalue weighted by molar-refractivity contribution is 0.182. The molecule has 1 aliphatic rings. The molecule has 6 heteroatoms. The zero-order valence-corrected chi connectivity index (χ0v) is 13.2. The molecule has 1 N–H and O–H groups in total. The van der Waals surface area contributed by atoms with Gasteiger partial charge >= 0.3 is 0 Å². The SMILES string of the molecule is CCCS(=O)(=O)CCN1CCCC(CNC)C1.Cl. The van der Waals surface area contributed by atoms with Crippen LogP contribution in [-0.4, -0.2) is 58.1 Å². The number of halogens is 1. The van der Waals surface area contributed by atoms with Crippen molar-refractivity contribution < 1.29 is 8.42 Å². The summed E-state index contributed by atoms with van der Waals surface area (Å²) in [5.74, 6) is 1.34. The van der Waals surface area contributed by atoms with Crippen LogP contribution in [0.15, 0.2) is 0 Å². The molecule has 0 spiro atoms. The second-order valence-electron chi connectivity index (χ2n) is 5.02. The Labute approximate surface area is 118 Å². The molecule has 18 heavy (non-hydrogen) atoms. The molecule has 0 amide bonds. The summed E-state index contributed by atoms with van der Waals surface area (Å²) in [6.07, 6.45) is 3.18. The number of hydrogen-bond donors (Lipinski definition) is 1. The molecule has 1 fully saturated rings. The van der Waals surface area contributed by atoms with Crippen molar-refractivity contribution in [2.75, 3.05) is 44.7 Å². The van der Waals surface area contributed by atoms with Gasteiger partial charge in [0.25, 0.3) is 0 Å². The van der Waals surface area contributed by atoms with Gasteiger partial charge in [0.2, 0.25) is 0 Å². The van der Waals surface area contributed by atoms with Crippen LogP contribution in [-0.2, 0) is 9.84 Å². The van der Waals surface area contributed by atoms with Gasteiger partial charge in [-0.2, -0.15) is 0 Å². The minimum absolute atomic E-state index is 0. The second kappa shape index (κ2) is 9.13. The van der Waals surface area contributed by atoms with Crippen LogP contribution >= 0.6 is 12.4 Å². The molecule has 0 bridgehead atoms. The molecule has 1 rings (SSSR count). The fourth-order valence-electron chi connectivity index (χ4n) is 2.49. The zero-order valence-electron chi connectivity index (χ0n) is 11.5. The van der Waals surface area contributed by atoms with E-state index < -0.39 is 9.84 Å². The molecule has 4 nitrogen and oxygen atoms in total. The fourth-order valence-corrected chi connectivity index (χ4v) is 3.85. The van der Waals surface area contributed by atoms with Gasteiger partial charge in [-0.05, 0) is 45.3 Å². The Morgan fingerprint density at radius 3 is 2.67 bits per heavy atom. The first-order valence-corrected chi connectivity index (χ1v) is 8.47. The van der Waals surface area contributed by atoms with Crippen LogP contribution in [0.25, 0.3) is 0 Å². The molecule has 110 valence electrons. The lowest BCUT2D eigenvalue weighted by Gasteiger charge is -2.32. The average Bonchev–Trinajstić information content (AvgIpc) is 2.28. The van der Waals surface area contributed by atoms with Crippen LogP contribution < -0.4 is 5.32 Å². The lowest BCUT2D eigenvalue weighted by atomic mass is 9.98. The summed E-state index contributed by atoms with van der Waals surface area (Å²) >= 11 is 0. The highest BCUT2D eigenvalue weighted by Gasteiger charge is 2.20. The number of nitrogens with zero attached hydrogens (tertiary/aromatic N) is 1. The standard InChI is InChI=1S/C12H26N2O2S.ClH/c1-3-8-17(15,16)9-7-14-6-4-5-12(11-14)10-13-2;/h12-13H,3-11H2,1-2H3;1H. The van der Waals surface area contributed by atoms with Crippen molar-refractivity contribution in [1.82, 2.24) is 10.2 Å². The number of likely N-dealkylation sites (tertiary alicyclic amines) is 1. The largest absolute Gasteiger partial charge is 0.319 e. The third kappa shape index (κ3) is 6.92. The third-order valence-electron chi connectivity index (χ3n) is 3.33. The highest BCUT2D eigenvalue weighted by Crippen LogP contribution is 2.15. The normalized spacial score (nSPS) is 21.6. The van der Waals surface area contributed by atoms with Gasteiger partial charge in [-0.25, -0.2) is 8.42 Å². The number of rotatable bonds is 7. The summed E-state index contributed by atoms with van der Waals surface area (Å²) in [7, 11) is -0.841. The summed E-state index contributed by atoms with van der Waals surface area (Å²) in [4.78, 5) is 2.30. The van der Waals surface area contributed by atoms with E-state index in [9.17, 15) is 8.42 Å². The van der Waals surface area contributed by atoms with Crippen molar-refractivity contribution in [3.05, 3.63) is 0 Å². The topological polar surface area (TPSA) is 49.4 Å². The van der Waals surface area contributed by atoms with E-state index in [0.29, 0.717) is 24.0 Å². The maximum atomic E-state index is 11.6. The smallest absolute Gasteiger partial charge is 0.151 e. The Morgan fingerprint density at radius 2 is 2.06 bits per heavy atom. The summed E-state index contributed by atoms with van der Waals surface area (Å²) < 4.78 is 23.3. The van der Waals surface area contributed by atoms with Crippen LogP contribution in [0.1, 0.15) is 26.2 Å². The Hall–Kier alpha value is 0.160. The van der Waals surface area contributed by atoms with Gasteiger partial charge in [0.15, 0.2) is 9.84 Å². The molecular formula is C12H27ClN2O2S. The molecule has 0 saturated carbocycles. The van der Waals surface area contributed by atoms with E-state index in [1.54, 1.807) is 0 Å². The highest BCUT2D eigenvalue weighted by atomic mass is 35.5. The summed E-state index contributed by atoms with van der Waals surface area (Å²) in [5, 5.41) is 3.21. The molecule has 1 saturated heterocycles. The van der Waals surface area contributed by atoms with Crippen LogP contribution in [0.4, 0.5) is 0 Å². The zero-order chi connectivity index (χ0) is 12.7. The van der Waals surface area contributed by atoms with Crippen LogP contribution in [0, 0.1) is 5.92 Å². The van der Waals surface area contributed by atoms with E-state index >= 15 is 0 Å². The van der Waals surface area contributed by atoms with Gasteiger partial charge in [0.05, 0.1) is 5.75 Å². The van der Waals surface area contributed by atoms with Crippen molar-refractivity contribution in [3.8, 4) is 0 Å². The van der Waals surface area contributed by atoms with Crippen LogP contribution in [0.2, 0.25) is 0 Å². The predicted octanol–water partition coefficient (Wildman–Crippen LogP) is 1.16. The second-order valence-corrected chi connectivity index (χ2v) is 7.32. The Morgan fingerprint density at radius 1 is 1.33 bits per heavy atom. The predicted molar refractivity (Wildman–Crippen MR) is 79.3 cm³/mol. The van der Waals surface area contributed by atoms with E-state index in [-0.39, 0.29) is 12.4 Å². The van der Waals surface area contributed by atoms with Gasteiger partial charge in [0, 0.05) is 18.8 Å². The summed E-state index contributed by atoms with van der Waals surface area (Å²) in [5.41, 5.74) is 0. The van der Waals surface area contributed by atoms with E-state index in [1.807, 2.05) is 14.0 Å². The highest BCUT2D eigenvalue weighted by molar-refractivity contribution is 7.91. The summed E-state index contributed by atoms with van der Waals surface area (Å²) in [6, 6.07) is 0. The van der Waals surface area contributed by atoms with Gasteiger partial charge < -0.3 is 10.2 Å². The Bertz CT molecular complexity index is 307. The Balaban J connectivity index is 0.00000289. The maximum absolute atomic E-state index is 11.6. The van der Waals surface area contributed by atoms with Crippen LogP contribution in [0.5, 0.6) is 0 Å². The van der Waals surface area contributed by atoms with E-state index in [2.05, 4.69) is 10.2 Å². The van der Waals surface area contributed by atoms with E-state index in [4.69, 9.17) is 0 Å². The van der Waals surface area contributed by atoms with E-state index in [1.165, 1.54) is 12.8 Å². The number of hydrogen-bond acceptors (Lipinski definition) is 4. The first kappa shape index (κ1) is 18.2. The van der Waals surface area contributed by atoms with Crippen molar-refractivity contribution in [2.24, 2.45) is 5.92 Å². The van der Waals surface area contributed by atoms with Gasteiger partial charge in [-0.15, -0.1) is 12.4 Å². The van der Waals surface area contributed by atoms with Gasteiger partial charge in [-0.3, -0.25) is 0 Å². The molecule has 0 radical (unpaired) electrons. The fraction of sp³-hybridized carbons (Fsp3) is 1.00. The minimum Gasteiger partial charge on any atom is -0.319 e. The monoisotopic (exact) mass is 298 g/mol. The molecule has 0 aromatic rings. The van der Waals surface area contributed by atoms with Crippen LogP contribution in [0.3, 0.4) is 0 Å². The maximum Gasteiger partial charge on any atom is 0.151 e. The van der Waals surface area contributed by atoms with Crippen molar-refractivity contribution >= 4 is 22.2 Å². The number of piperidine rings is 1. The molecule has 1 aliphatic heterocycles. The molecule has 0 aromatic carbocycles. The average molecular weight is 299 g/mol. The van der Waals surface area contributed by atoms with Crippen molar-refractivity contribution in [1.29, 1.82) is 0 Å². The minimum atomic E-state index is -2.82. The number of sulfone groups is 1. The van der Waals surface area contributed by atoms with Crippen molar-refractivity contribution in [2.45, 2.75) is 26.2 Å². The quantitative estimate of drug-likeness (QED) is 0.766. The third-order valence-corrected chi connectivity index (χ3v) is 5.16. The van der Waals surface area contributed by atoms with Crippen molar-refractivity contribution in [3.63, 3.8) is 0 Å². The summed E-state index contributed by atoms with van der Waals surface area (Å²) in [6.45, 7) is 5.77. The molecule has 0 aliphatic carbocycles. The Kier molecular flexibility index (Phi) is 9.21. The molecular weight excluding hydrogens is 272 g/mol. The first-order valence-electron chi connectivity index (χ1n) is 6.64. The molecule has 1 heterocycles. The number of nitrogens with one attached hydrogen (secondary N) is 1. The first-order chi connectivity index (χ1) is 8.07. The lowest BCUT2D eigenvalue weighted by Crippen LogP contribution is -2.41. The molecule has 1 unspecified atom stereocenters. The molecule has 0 aromatic heterocycles. The van der Waals surface area contributed by atoms with Gasteiger partial charge in [0.1, 0.15) is 0 Å². The van der Waals surface area contributed by atoms with Gasteiger partial charge in [-0.1, -0.05) is 6.92 Å². The molecule has 1 atom stereocenters.